The van der Waals surface area contributed by atoms with E-state index in [9.17, 15) is 4.79 Å². The van der Waals surface area contributed by atoms with Gasteiger partial charge in [-0.2, -0.15) is 0 Å². The first-order valence-corrected chi connectivity index (χ1v) is 6.10. The van der Waals surface area contributed by atoms with Crippen LogP contribution < -0.4 is 5.32 Å². The maximum absolute atomic E-state index is 10.9. The first-order valence-electron chi connectivity index (χ1n) is 6.10. The fourth-order valence-electron chi connectivity index (χ4n) is 1.61. The van der Waals surface area contributed by atoms with Gasteiger partial charge in [0.15, 0.2) is 0 Å². The van der Waals surface area contributed by atoms with E-state index in [1.807, 2.05) is 0 Å². The molecule has 0 unspecified atom stereocenters. The van der Waals surface area contributed by atoms with Gasteiger partial charge < -0.3 is 14.8 Å². The molecule has 0 saturated carbocycles. The third kappa shape index (κ3) is 5.80. The second-order valence-corrected chi connectivity index (χ2v) is 4.11. The highest BCUT2D eigenvalue weighted by Crippen LogP contribution is 2.05. The number of rotatable bonds is 8. The standard InChI is InChI=1S/C14H21NO3/c1-17-11-13-7-5-12(6-8-13)10-15-9-3-4-14(16)18-2/h5-8,15H,3-4,9-11H2,1-2H3. The zero-order chi connectivity index (χ0) is 13.2. The van der Waals surface area contributed by atoms with Gasteiger partial charge in [-0.1, -0.05) is 24.3 Å². The van der Waals surface area contributed by atoms with E-state index < -0.39 is 0 Å². The van der Waals surface area contributed by atoms with Crippen LogP contribution in [0, 0.1) is 0 Å². The number of methoxy groups -OCH3 is 2. The normalized spacial score (nSPS) is 10.3. The fourth-order valence-corrected chi connectivity index (χ4v) is 1.61. The van der Waals surface area contributed by atoms with Crippen LogP contribution in [-0.2, 0) is 27.4 Å². The molecule has 0 saturated heterocycles. The molecule has 0 atom stereocenters. The van der Waals surface area contributed by atoms with E-state index >= 15 is 0 Å². The molecule has 18 heavy (non-hydrogen) atoms. The summed E-state index contributed by atoms with van der Waals surface area (Å²) in [6, 6.07) is 8.30. The third-order valence-corrected chi connectivity index (χ3v) is 2.63. The van der Waals surface area contributed by atoms with E-state index in [-0.39, 0.29) is 5.97 Å². The summed E-state index contributed by atoms with van der Waals surface area (Å²) < 4.78 is 9.63. The number of benzene rings is 1. The Kier molecular flexibility index (Phi) is 7.06. The topological polar surface area (TPSA) is 47.6 Å². The zero-order valence-electron chi connectivity index (χ0n) is 11.1. The first kappa shape index (κ1) is 14.7. The summed E-state index contributed by atoms with van der Waals surface area (Å²) >= 11 is 0. The van der Waals surface area contributed by atoms with E-state index in [0.717, 1.165) is 19.5 Å². The van der Waals surface area contributed by atoms with Crippen molar-refractivity contribution in [3.05, 3.63) is 35.4 Å². The number of nitrogens with one attached hydrogen (secondary N) is 1. The highest BCUT2D eigenvalue weighted by Gasteiger charge is 1.99. The molecule has 1 aromatic rings. The SMILES string of the molecule is COCc1ccc(CNCCCC(=O)OC)cc1. The fraction of sp³-hybridized carbons (Fsp3) is 0.500. The van der Waals surface area contributed by atoms with Crippen molar-refractivity contribution in [2.24, 2.45) is 0 Å². The van der Waals surface area contributed by atoms with Crippen molar-refractivity contribution in [2.75, 3.05) is 20.8 Å². The average molecular weight is 251 g/mol. The zero-order valence-corrected chi connectivity index (χ0v) is 11.1. The van der Waals surface area contributed by atoms with Gasteiger partial charge in [0.1, 0.15) is 0 Å². The Labute approximate surface area is 108 Å². The molecule has 0 radical (unpaired) electrons. The summed E-state index contributed by atoms with van der Waals surface area (Å²) in [5.74, 6) is -0.152. The molecule has 4 nitrogen and oxygen atoms in total. The van der Waals surface area contributed by atoms with Crippen molar-refractivity contribution >= 4 is 5.97 Å². The van der Waals surface area contributed by atoms with Crippen LogP contribution in [0.25, 0.3) is 0 Å². The number of carbonyl (C=O) groups is 1. The molecule has 0 aliphatic heterocycles. The van der Waals surface area contributed by atoms with E-state index in [1.165, 1.54) is 18.2 Å². The van der Waals surface area contributed by atoms with E-state index in [2.05, 4.69) is 34.3 Å². The van der Waals surface area contributed by atoms with E-state index in [4.69, 9.17) is 4.74 Å². The number of esters is 1. The molecule has 1 rings (SSSR count). The lowest BCUT2D eigenvalue weighted by Gasteiger charge is -2.06. The lowest BCUT2D eigenvalue weighted by atomic mass is 10.1. The molecule has 0 heterocycles. The summed E-state index contributed by atoms with van der Waals surface area (Å²) in [5.41, 5.74) is 2.40. The molecule has 0 spiro atoms. The maximum Gasteiger partial charge on any atom is 0.305 e. The van der Waals surface area contributed by atoms with Crippen molar-refractivity contribution in [3.63, 3.8) is 0 Å². The first-order chi connectivity index (χ1) is 8.76. The maximum atomic E-state index is 10.9. The molecule has 0 fully saturated rings. The second-order valence-electron chi connectivity index (χ2n) is 4.11. The van der Waals surface area contributed by atoms with Gasteiger partial charge in [0, 0.05) is 20.1 Å². The molecule has 0 aromatic heterocycles. The molecule has 100 valence electrons. The van der Waals surface area contributed by atoms with Gasteiger partial charge in [-0.05, 0) is 24.1 Å². The minimum absolute atomic E-state index is 0.152. The van der Waals surface area contributed by atoms with Crippen LogP contribution in [0.3, 0.4) is 0 Å². The van der Waals surface area contributed by atoms with Gasteiger partial charge >= 0.3 is 5.97 Å². The van der Waals surface area contributed by atoms with Crippen molar-refractivity contribution in [3.8, 4) is 0 Å². The molecular weight excluding hydrogens is 230 g/mol. The van der Waals surface area contributed by atoms with Crippen LogP contribution in [0.15, 0.2) is 24.3 Å². The highest BCUT2D eigenvalue weighted by atomic mass is 16.5. The quantitative estimate of drug-likeness (QED) is 0.566. The second kappa shape index (κ2) is 8.66. The highest BCUT2D eigenvalue weighted by molar-refractivity contribution is 5.69. The van der Waals surface area contributed by atoms with Crippen LogP contribution >= 0.6 is 0 Å². The van der Waals surface area contributed by atoms with Crippen molar-refractivity contribution in [1.82, 2.24) is 5.32 Å². The largest absolute Gasteiger partial charge is 0.469 e. The van der Waals surface area contributed by atoms with E-state index in [1.54, 1.807) is 7.11 Å². The lowest BCUT2D eigenvalue weighted by molar-refractivity contribution is -0.140. The van der Waals surface area contributed by atoms with Gasteiger partial charge in [0.05, 0.1) is 13.7 Å². The average Bonchev–Trinajstić information content (AvgIpc) is 2.40. The summed E-state index contributed by atoms with van der Waals surface area (Å²) in [4.78, 5) is 10.9. The van der Waals surface area contributed by atoms with Gasteiger partial charge in [0.25, 0.3) is 0 Å². The lowest BCUT2D eigenvalue weighted by Crippen LogP contribution is -2.16. The van der Waals surface area contributed by atoms with Crippen LogP contribution in [0.4, 0.5) is 0 Å². The molecule has 0 bridgehead atoms. The Bertz CT molecular complexity index is 349. The Balaban J connectivity index is 2.17. The third-order valence-electron chi connectivity index (χ3n) is 2.63. The Morgan fingerprint density at radius 1 is 1.17 bits per heavy atom. The molecule has 0 amide bonds. The molecule has 1 aromatic carbocycles. The van der Waals surface area contributed by atoms with Gasteiger partial charge in [-0.3, -0.25) is 4.79 Å². The molecule has 0 aliphatic rings. The Hall–Kier alpha value is -1.39. The molecular formula is C14H21NO3. The van der Waals surface area contributed by atoms with Crippen molar-refractivity contribution < 1.29 is 14.3 Å². The van der Waals surface area contributed by atoms with Crippen LogP contribution in [0.5, 0.6) is 0 Å². The predicted octanol–water partition coefficient (Wildman–Crippen LogP) is 1.88. The summed E-state index contributed by atoms with van der Waals surface area (Å²) in [5, 5.41) is 3.29. The number of hydrogen-bond donors (Lipinski definition) is 1. The predicted molar refractivity (Wildman–Crippen MR) is 70.1 cm³/mol. The molecule has 1 N–H and O–H groups in total. The summed E-state index contributed by atoms with van der Waals surface area (Å²) in [6.45, 7) is 2.27. The van der Waals surface area contributed by atoms with Crippen LogP contribution in [0.1, 0.15) is 24.0 Å². The van der Waals surface area contributed by atoms with Crippen LogP contribution in [-0.4, -0.2) is 26.7 Å². The van der Waals surface area contributed by atoms with Gasteiger partial charge in [0.2, 0.25) is 0 Å². The smallest absolute Gasteiger partial charge is 0.305 e. The van der Waals surface area contributed by atoms with Gasteiger partial charge in [-0.15, -0.1) is 0 Å². The molecule has 4 heteroatoms. The summed E-state index contributed by atoms with van der Waals surface area (Å²) in [6.07, 6.45) is 1.27. The molecule has 0 aliphatic carbocycles. The van der Waals surface area contributed by atoms with Crippen LogP contribution in [0.2, 0.25) is 0 Å². The Morgan fingerprint density at radius 2 is 1.83 bits per heavy atom. The van der Waals surface area contributed by atoms with Gasteiger partial charge in [-0.25, -0.2) is 0 Å². The monoisotopic (exact) mass is 251 g/mol. The number of hydrogen-bond acceptors (Lipinski definition) is 4. The van der Waals surface area contributed by atoms with Crippen molar-refractivity contribution in [2.45, 2.75) is 26.0 Å². The number of carbonyl (C=O) groups excluding carboxylic acids is 1. The Morgan fingerprint density at radius 3 is 2.44 bits per heavy atom. The minimum Gasteiger partial charge on any atom is -0.469 e. The number of ether oxygens (including phenoxy) is 2. The van der Waals surface area contributed by atoms with Crippen molar-refractivity contribution in [1.29, 1.82) is 0 Å². The van der Waals surface area contributed by atoms with E-state index in [0.29, 0.717) is 13.0 Å². The minimum atomic E-state index is -0.152. The summed E-state index contributed by atoms with van der Waals surface area (Å²) in [7, 11) is 3.11.